The molecule has 2 aromatic rings. The van der Waals surface area contributed by atoms with Gasteiger partial charge < -0.3 is 10.6 Å². The molecule has 19 heavy (non-hydrogen) atoms. The van der Waals surface area contributed by atoms with Gasteiger partial charge in [0, 0.05) is 24.2 Å². The number of anilines is 2. The highest BCUT2D eigenvalue weighted by Crippen LogP contribution is 2.20. The van der Waals surface area contributed by atoms with Crippen molar-refractivity contribution in [2.24, 2.45) is 0 Å². The van der Waals surface area contributed by atoms with Gasteiger partial charge in [-0.25, -0.2) is 9.97 Å². The standard InChI is InChI=1S/C15H20N4/c1-4-16-13-10-14(17-11(2)3)19-15(18-13)12-8-6-5-7-9-12/h5-11H,4H2,1-3H3,(H2,16,17,18,19). The molecule has 0 fully saturated rings. The van der Waals surface area contributed by atoms with Crippen LogP contribution in [-0.2, 0) is 0 Å². The summed E-state index contributed by atoms with van der Waals surface area (Å²) in [5.41, 5.74) is 1.02. The zero-order valence-corrected chi connectivity index (χ0v) is 11.6. The maximum absolute atomic E-state index is 4.56. The SMILES string of the molecule is CCNc1cc(NC(C)C)nc(-c2ccccc2)n1. The normalized spacial score (nSPS) is 10.5. The van der Waals surface area contributed by atoms with Crippen molar-refractivity contribution in [2.75, 3.05) is 17.2 Å². The molecule has 0 saturated carbocycles. The van der Waals surface area contributed by atoms with E-state index in [1.54, 1.807) is 0 Å². The van der Waals surface area contributed by atoms with Gasteiger partial charge in [-0.3, -0.25) is 0 Å². The van der Waals surface area contributed by atoms with Crippen LogP contribution in [0.5, 0.6) is 0 Å². The van der Waals surface area contributed by atoms with Crippen LogP contribution >= 0.6 is 0 Å². The summed E-state index contributed by atoms with van der Waals surface area (Å²) in [6.07, 6.45) is 0. The fraction of sp³-hybridized carbons (Fsp3) is 0.333. The van der Waals surface area contributed by atoms with Gasteiger partial charge in [0.2, 0.25) is 0 Å². The average molecular weight is 256 g/mol. The summed E-state index contributed by atoms with van der Waals surface area (Å²) in [4.78, 5) is 9.10. The Morgan fingerprint density at radius 1 is 1.05 bits per heavy atom. The predicted molar refractivity (Wildman–Crippen MR) is 80.4 cm³/mol. The highest BCUT2D eigenvalue weighted by Gasteiger charge is 2.07. The van der Waals surface area contributed by atoms with Crippen molar-refractivity contribution in [2.45, 2.75) is 26.8 Å². The third kappa shape index (κ3) is 3.68. The molecule has 0 saturated heterocycles. The Hall–Kier alpha value is -2.10. The highest BCUT2D eigenvalue weighted by molar-refractivity contribution is 5.61. The minimum atomic E-state index is 0.341. The first-order valence-corrected chi connectivity index (χ1v) is 6.64. The van der Waals surface area contributed by atoms with E-state index in [0.29, 0.717) is 6.04 Å². The van der Waals surface area contributed by atoms with E-state index in [4.69, 9.17) is 0 Å². The molecule has 0 atom stereocenters. The van der Waals surface area contributed by atoms with Crippen molar-refractivity contribution in [1.29, 1.82) is 0 Å². The van der Waals surface area contributed by atoms with Crippen molar-refractivity contribution in [3.63, 3.8) is 0 Å². The van der Waals surface area contributed by atoms with E-state index >= 15 is 0 Å². The summed E-state index contributed by atoms with van der Waals surface area (Å²) < 4.78 is 0. The van der Waals surface area contributed by atoms with Gasteiger partial charge in [-0.2, -0.15) is 0 Å². The van der Waals surface area contributed by atoms with Gasteiger partial charge in [0.25, 0.3) is 0 Å². The Morgan fingerprint density at radius 3 is 2.37 bits per heavy atom. The number of hydrogen-bond donors (Lipinski definition) is 2. The molecule has 0 aliphatic carbocycles. The maximum atomic E-state index is 4.56. The van der Waals surface area contributed by atoms with Crippen molar-refractivity contribution >= 4 is 11.6 Å². The van der Waals surface area contributed by atoms with Crippen molar-refractivity contribution in [1.82, 2.24) is 9.97 Å². The van der Waals surface area contributed by atoms with Crippen LogP contribution in [0.4, 0.5) is 11.6 Å². The van der Waals surface area contributed by atoms with Crippen LogP contribution in [-0.4, -0.2) is 22.6 Å². The lowest BCUT2D eigenvalue weighted by molar-refractivity contribution is 0.887. The minimum absolute atomic E-state index is 0.341. The van der Waals surface area contributed by atoms with Gasteiger partial charge in [-0.05, 0) is 20.8 Å². The molecule has 100 valence electrons. The number of rotatable bonds is 5. The van der Waals surface area contributed by atoms with Crippen molar-refractivity contribution in [3.8, 4) is 11.4 Å². The minimum Gasteiger partial charge on any atom is -0.370 e. The molecule has 1 aromatic heterocycles. The first kappa shape index (κ1) is 13.3. The number of nitrogens with zero attached hydrogens (tertiary/aromatic N) is 2. The molecule has 0 spiro atoms. The molecule has 1 aromatic carbocycles. The molecule has 2 N–H and O–H groups in total. The fourth-order valence-electron chi connectivity index (χ4n) is 1.80. The van der Waals surface area contributed by atoms with Gasteiger partial charge in [-0.1, -0.05) is 30.3 Å². The lowest BCUT2D eigenvalue weighted by atomic mass is 10.2. The lowest BCUT2D eigenvalue weighted by Crippen LogP contribution is -2.12. The average Bonchev–Trinajstić information content (AvgIpc) is 2.39. The fourth-order valence-corrected chi connectivity index (χ4v) is 1.80. The second kappa shape index (κ2) is 6.18. The Kier molecular flexibility index (Phi) is 4.34. The van der Waals surface area contributed by atoms with Crippen LogP contribution in [0.25, 0.3) is 11.4 Å². The van der Waals surface area contributed by atoms with Gasteiger partial charge in [0.15, 0.2) is 5.82 Å². The number of aromatic nitrogens is 2. The maximum Gasteiger partial charge on any atom is 0.163 e. The molecule has 0 radical (unpaired) electrons. The molecule has 4 heteroatoms. The van der Waals surface area contributed by atoms with E-state index in [-0.39, 0.29) is 0 Å². The molecule has 1 heterocycles. The number of hydrogen-bond acceptors (Lipinski definition) is 4. The Morgan fingerprint density at radius 2 is 1.74 bits per heavy atom. The number of nitrogens with one attached hydrogen (secondary N) is 2. The quantitative estimate of drug-likeness (QED) is 0.861. The summed E-state index contributed by atoms with van der Waals surface area (Å²) in [6, 6.07) is 12.3. The molecular formula is C15H20N4. The second-order valence-electron chi connectivity index (χ2n) is 4.66. The third-order valence-electron chi connectivity index (χ3n) is 2.55. The molecule has 0 aliphatic heterocycles. The van der Waals surface area contributed by atoms with Crippen LogP contribution in [0.15, 0.2) is 36.4 Å². The predicted octanol–water partition coefficient (Wildman–Crippen LogP) is 3.40. The van der Waals surface area contributed by atoms with E-state index in [9.17, 15) is 0 Å². The second-order valence-corrected chi connectivity index (χ2v) is 4.66. The Labute approximate surface area is 114 Å². The van der Waals surface area contributed by atoms with Gasteiger partial charge in [0.1, 0.15) is 11.6 Å². The Balaban J connectivity index is 2.39. The zero-order valence-electron chi connectivity index (χ0n) is 11.6. The smallest absolute Gasteiger partial charge is 0.163 e. The summed E-state index contributed by atoms with van der Waals surface area (Å²) in [5, 5.41) is 6.56. The molecule has 4 nitrogen and oxygen atoms in total. The zero-order chi connectivity index (χ0) is 13.7. The molecule has 0 unspecified atom stereocenters. The summed E-state index contributed by atoms with van der Waals surface area (Å²) in [7, 11) is 0. The molecule has 0 bridgehead atoms. The van der Waals surface area contributed by atoms with Gasteiger partial charge in [0.05, 0.1) is 0 Å². The summed E-state index contributed by atoms with van der Waals surface area (Å²) in [5.74, 6) is 2.43. The number of benzene rings is 1. The lowest BCUT2D eigenvalue weighted by Gasteiger charge is -2.12. The van der Waals surface area contributed by atoms with E-state index in [0.717, 1.165) is 29.6 Å². The first-order valence-electron chi connectivity index (χ1n) is 6.64. The van der Waals surface area contributed by atoms with Crippen LogP contribution in [0.2, 0.25) is 0 Å². The van der Waals surface area contributed by atoms with Crippen LogP contribution < -0.4 is 10.6 Å². The first-order chi connectivity index (χ1) is 9.19. The molecule has 2 rings (SSSR count). The molecular weight excluding hydrogens is 236 g/mol. The van der Waals surface area contributed by atoms with Crippen LogP contribution in [0, 0.1) is 0 Å². The summed E-state index contributed by atoms with van der Waals surface area (Å²) >= 11 is 0. The van der Waals surface area contributed by atoms with E-state index < -0.39 is 0 Å². The molecule has 0 amide bonds. The van der Waals surface area contributed by atoms with Crippen molar-refractivity contribution < 1.29 is 0 Å². The van der Waals surface area contributed by atoms with Crippen LogP contribution in [0.3, 0.4) is 0 Å². The van der Waals surface area contributed by atoms with E-state index in [1.807, 2.05) is 36.4 Å². The van der Waals surface area contributed by atoms with Gasteiger partial charge >= 0.3 is 0 Å². The monoisotopic (exact) mass is 256 g/mol. The van der Waals surface area contributed by atoms with Crippen molar-refractivity contribution in [3.05, 3.63) is 36.4 Å². The van der Waals surface area contributed by atoms with Crippen LogP contribution in [0.1, 0.15) is 20.8 Å². The van der Waals surface area contributed by atoms with E-state index in [1.165, 1.54) is 0 Å². The molecule has 0 aliphatic rings. The topological polar surface area (TPSA) is 49.8 Å². The Bertz CT molecular complexity index is 523. The highest BCUT2D eigenvalue weighted by atomic mass is 15.1. The van der Waals surface area contributed by atoms with Gasteiger partial charge in [-0.15, -0.1) is 0 Å². The third-order valence-corrected chi connectivity index (χ3v) is 2.55. The summed E-state index contributed by atoms with van der Waals surface area (Å²) in [6.45, 7) is 7.08. The largest absolute Gasteiger partial charge is 0.370 e. The van der Waals surface area contributed by atoms with E-state index in [2.05, 4.69) is 41.4 Å².